The standard InChI is InChI=1S/C34H39N9O3/c35-17-25-14-24-15-29(24)43(25)30(44)18-38-28(19-4-2-1-3-5-19)16-34(33-39-41-42-40-33)26-10-8-22(31(36)45)12-20(26)6-7-21-13-23(32(37)46)9-11-27(21)34/h8-13,19,24-25,28-29,38H,1-7,14-16,18H2,(H2,36,45)(H2,37,46)(H,39,40,41,42)/t24-,25?,28-,29+/m1/s1. The first-order valence-corrected chi connectivity index (χ1v) is 16.3. The van der Waals surface area contributed by atoms with Gasteiger partial charge in [-0.15, -0.1) is 5.10 Å². The molecule has 6 N–H and O–H groups in total. The number of benzene rings is 2. The Morgan fingerprint density at radius 2 is 1.65 bits per heavy atom. The molecule has 1 aliphatic heterocycles. The summed E-state index contributed by atoms with van der Waals surface area (Å²) in [7, 11) is 0. The fourth-order valence-electron chi connectivity index (χ4n) is 8.58. The minimum Gasteiger partial charge on any atom is -0.366 e. The number of piperidine rings is 1. The molecule has 2 heterocycles. The number of nitrogens with two attached hydrogens (primary N) is 2. The molecular formula is C34H39N9O3. The van der Waals surface area contributed by atoms with E-state index in [4.69, 9.17) is 11.5 Å². The first-order valence-electron chi connectivity index (χ1n) is 16.3. The topological polar surface area (TPSA) is 197 Å². The molecule has 4 aliphatic rings. The van der Waals surface area contributed by atoms with Gasteiger partial charge >= 0.3 is 0 Å². The zero-order valence-corrected chi connectivity index (χ0v) is 25.7. The van der Waals surface area contributed by atoms with E-state index >= 15 is 0 Å². The summed E-state index contributed by atoms with van der Waals surface area (Å²) in [5.74, 6) is 0.213. The van der Waals surface area contributed by atoms with Crippen LogP contribution in [0.15, 0.2) is 36.4 Å². The Labute approximate surface area is 267 Å². The first-order chi connectivity index (χ1) is 22.3. The number of hydrogen-bond acceptors (Lipinski definition) is 8. The van der Waals surface area contributed by atoms with E-state index in [1.807, 2.05) is 24.3 Å². The average Bonchev–Trinajstić information content (AvgIpc) is 3.45. The van der Waals surface area contributed by atoms with Crippen molar-refractivity contribution in [2.24, 2.45) is 23.3 Å². The van der Waals surface area contributed by atoms with Crippen molar-refractivity contribution in [1.29, 1.82) is 5.26 Å². The zero-order chi connectivity index (χ0) is 32.0. The van der Waals surface area contributed by atoms with Gasteiger partial charge < -0.3 is 21.7 Å². The van der Waals surface area contributed by atoms with E-state index < -0.39 is 17.2 Å². The van der Waals surface area contributed by atoms with Gasteiger partial charge in [-0.05, 0) is 114 Å². The largest absolute Gasteiger partial charge is 0.366 e. The Bertz CT molecular complexity index is 1640. The number of rotatable bonds is 9. The van der Waals surface area contributed by atoms with Crippen LogP contribution >= 0.6 is 0 Å². The Morgan fingerprint density at radius 3 is 2.22 bits per heavy atom. The van der Waals surface area contributed by atoms with Crippen LogP contribution in [0.4, 0.5) is 0 Å². The second kappa shape index (κ2) is 11.9. The minimum atomic E-state index is -0.917. The van der Waals surface area contributed by atoms with Crippen molar-refractivity contribution in [2.75, 3.05) is 6.54 Å². The molecule has 0 spiro atoms. The highest BCUT2D eigenvalue weighted by atomic mass is 16.2. The zero-order valence-electron chi connectivity index (χ0n) is 25.7. The molecule has 1 saturated heterocycles. The summed E-state index contributed by atoms with van der Waals surface area (Å²) in [6.07, 6.45) is 8.89. The van der Waals surface area contributed by atoms with Crippen molar-refractivity contribution >= 4 is 17.7 Å². The van der Waals surface area contributed by atoms with Crippen molar-refractivity contribution in [3.05, 3.63) is 75.6 Å². The van der Waals surface area contributed by atoms with E-state index in [0.717, 1.165) is 60.8 Å². The van der Waals surface area contributed by atoms with Gasteiger partial charge in [0.05, 0.1) is 18.0 Å². The number of tetrazole rings is 1. The predicted octanol–water partition coefficient (Wildman–Crippen LogP) is 2.27. The number of nitriles is 1. The van der Waals surface area contributed by atoms with Crippen LogP contribution in [0.1, 0.15) is 100 Å². The third-order valence-electron chi connectivity index (χ3n) is 10.9. The molecule has 1 aromatic heterocycles. The van der Waals surface area contributed by atoms with Crippen molar-refractivity contribution in [3.8, 4) is 6.07 Å². The number of nitrogens with zero attached hydrogens (tertiary/aromatic N) is 5. The highest BCUT2D eigenvalue weighted by Crippen LogP contribution is 2.49. The summed E-state index contributed by atoms with van der Waals surface area (Å²) in [5, 5.41) is 29.0. The van der Waals surface area contributed by atoms with Crippen LogP contribution in [0, 0.1) is 23.2 Å². The molecule has 0 radical (unpaired) electrons. The summed E-state index contributed by atoms with van der Waals surface area (Å²) in [5.41, 5.74) is 15.1. The van der Waals surface area contributed by atoms with Crippen molar-refractivity contribution in [1.82, 2.24) is 30.8 Å². The molecule has 46 heavy (non-hydrogen) atoms. The van der Waals surface area contributed by atoms with Crippen LogP contribution in [0.5, 0.6) is 0 Å². The molecular weight excluding hydrogens is 582 g/mol. The lowest BCUT2D eigenvalue weighted by Gasteiger charge is -2.41. The summed E-state index contributed by atoms with van der Waals surface area (Å²) in [6.45, 7) is 0.133. The Kier molecular flexibility index (Phi) is 7.80. The third kappa shape index (κ3) is 5.22. The Hall–Kier alpha value is -4.63. The fraction of sp³-hybridized carbons (Fsp3) is 0.500. The van der Waals surface area contributed by atoms with Gasteiger partial charge in [0.2, 0.25) is 17.7 Å². The van der Waals surface area contributed by atoms with Crippen LogP contribution in [-0.2, 0) is 23.1 Å². The van der Waals surface area contributed by atoms with Gasteiger partial charge in [0.25, 0.3) is 0 Å². The normalized spacial score (nSPS) is 23.7. The number of H-pyrrole nitrogens is 1. The number of carbonyl (C=O) groups excluding carboxylic acids is 3. The number of amides is 3. The van der Waals surface area contributed by atoms with Crippen molar-refractivity contribution in [3.63, 3.8) is 0 Å². The Morgan fingerprint density at radius 1 is 1.00 bits per heavy atom. The number of aryl methyl sites for hydroxylation is 2. The van der Waals surface area contributed by atoms with Gasteiger partial charge in [0.1, 0.15) is 6.04 Å². The molecule has 12 heteroatoms. The number of nitrogens with one attached hydrogen (secondary N) is 2. The number of hydrogen-bond donors (Lipinski definition) is 4. The first kappa shape index (κ1) is 30.0. The molecule has 238 valence electrons. The quantitative estimate of drug-likeness (QED) is 0.279. The second-order valence-electron chi connectivity index (χ2n) is 13.5. The molecule has 3 aromatic rings. The lowest BCUT2D eigenvalue weighted by Crippen LogP contribution is -2.50. The van der Waals surface area contributed by atoms with E-state index in [2.05, 4.69) is 32.0 Å². The van der Waals surface area contributed by atoms with E-state index in [1.54, 1.807) is 17.0 Å². The molecule has 2 aromatic carbocycles. The number of likely N-dealkylation sites (tertiary alicyclic amines) is 1. The summed E-state index contributed by atoms with van der Waals surface area (Å²) < 4.78 is 0. The maximum Gasteiger partial charge on any atom is 0.248 e. The Balaban J connectivity index is 1.34. The van der Waals surface area contributed by atoms with Crippen LogP contribution in [0.3, 0.4) is 0 Å². The smallest absolute Gasteiger partial charge is 0.248 e. The van der Waals surface area contributed by atoms with Gasteiger partial charge in [-0.2, -0.15) is 5.26 Å². The molecule has 7 rings (SSSR count). The monoisotopic (exact) mass is 621 g/mol. The van der Waals surface area contributed by atoms with E-state index in [0.29, 0.717) is 48.0 Å². The number of primary amides is 2. The molecule has 0 bridgehead atoms. The number of carbonyl (C=O) groups is 3. The number of aromatic nitrogens is 4. The van der Waals surface area contributed by atoms with Gasteiger partial charge in [-0.1, -0.05) is 31.4 Å². The van der Waals surface area contributed by atoms with E-state index in [1.165, 1.54) is 6.42 Å². The highest BCUT2D eigenvalue weighted by molar-refractivity contribution is 5.94. The fourth-order valence-corrected chi connectivity index (χ4v) is 8.58. The van der Waals surface area contributed by atoms with Crippen molar-refractivity contribution < 1.29 is 14.4 Å². The van der Waals surface area contributed by atoms with Gasteiger partial charge in [0.15, 0.2) is 5.82 Å². The van der Waals surface area contributed by atoms with Gasteiger partial charge in [0, 0.05) is 23.2 Å². The SMILES string of the molecule is N#CC1C[C@@H]2C[C@@H]2N1C(=O)CN[C@H](CC1(c2nnn[nH]2)c2ccc(C(N)=O)cc2CCc2cc(C(N)=O)ccc21)C1CCCCC1. The molecule has 2 saturated carbocycles. The third-order valence-corrected chi connectivity index (χ3v) is 10.9. The summed E-state index contributed by atoms with van der Waals surface area (Å²) in [4.78, 5) is 40.0. The molecule has 1 unspecified atom stereocenters. The highest BCUT2D eigenvalue weighted by Gasteiger charge is 2.54. The van der Waals surface area contributed by atoms with E-state index in [-0.39, 0.29) is 30.6 Å². The predicted molar refractivity (Wildman–Crippen MR) is 167 cm³/mol. The summed E-state index contributed by atoms with van der Waals surface area (Å²) >= 11 is 0. The molecule has 12 nitrogen and oxygen atoms in total. The molecule has 3 fully saturated rings. The maximum absolute atomic E-state index is 13.7. The molecule has 4 atom stereocenters. The average molecular weight is 622 g/mol. The van der Waals surface area contributed by atoms with Crippen LogP contribution in [-0.4, -0.2) is 67.9 Å². The van der Waals surface area contributed by atoms with Crippen LogP contribution in [0.2, 0.25) is 0 Å². The second-order valence-corrected chi connectivity index (χ2v) is 13.5. The van der Waals surface area contributed by atoms with Gasteiger partial charge in [-0.25, -0.2) is 5.10 Å². The molecule has 3 aliphatic carbocycles. The lowest BCUT2D eigenvalue weighted by molar-refractivity contribution is -0.131. The summed E-state index contributed by atoms with van der Waals surface area (Å²) in [6, 6.07) is 13.1. The number of fused-ring (bicyclic) bond motifs is 3. The number of aromatic amines is 1. The van der Waals surface area contributed by atoms with Gasteiger partial charge in [-0.3, -0.25) is 14.4 Å². The van der Waals surface area contributed by atoms with Crippen LogP contribution < -0.4 is 16.8 Å². The van der Waals surface area contributed by atoms with E-state index in [9.17, 15) is 19.6 Å². The van der Waals surface area contributed by atoms with Crippen molar-refractivity contribution in [2.45, 2.75) is 87.7 Å². The maximum atomic E-state index is 13.7. The molecule has 3 amide bonds. The minimum absolute atomic E-state index is 0.0355. The van der Waals surface area contributed by atoms with Crippen LogP contribution in [0.25, 0.3) is 0 Å². The lowest BCUT2D eigenvalue weighted by atomic mass is 9.65.